The highest BCUT2D eigenvalue weighted by atomic mass is 32.1. The van der Waals surface area contributed by atoms with Crippen molar-refractivity contribution in [2.45, 2.75) is 20.3 Å². The number of rotatable bonds is 5. The van der Waals surface area contributed by atoms with Gasteiger partial charge in [-0.25, -0.2) is 9.37 Å². The van der Waals surface area contributed by atoms with E-state index in [-0.39, 0.29) is 18.2 Å². The molecule has 27 heavy (non-hydrogen) atoms. The van der Waals surface area contributed by atoms with Crippen molar-refractivity contribution in [3.8, 4) is 11.3 Å². The van der Waals surface area contributed by atoms with Gasteiger partial charge in [-0.3, -0.25) is 9.59 Å². The van der Waals surface area contributed by atoms with Crippen LogP contribution in [0.4, 0.5) is 15.8 Å². The van der Waals surface area contributed by atoms with E-state index < -0.39 is 5.82 Å². The molecule has 1 heterocycles. The van der Waals surface area contributed by atoms with Gasteiger partial charge in [0.25, 0.3) is 0 Å². The highest BCUT2D eigenvalue weighted by Gasteiger charge is 2.13. The molecule has 0 saturated carbocycles. The number of amides is 2. The van der Waals surface area contributed by atoms with Crippen LogP contribution in [0.2, 0.25) is 0 Å². The first-order valence-corrected chi connectivity index (χ1v) is 9.17. The van der Waals surface area contributed by atoms with Crippen LogP contribution >= 0.6 is 11.3 Å². The fraction of sp³-hybridized carbons (Fsp3) is 0.150. The minimum absolute atomic E-state index is 0.115. The Kier molecular flexibility index (Phi) is 5.61. The molecule has 3 aromatic rings. The smallest absolute Gasteiger partial charge is 0.231 e. The molecule has 3 rings (SSSR count). The van der Waals surface area contributed by atoms with Gasteiger partial charge in [0.05, 0.1) is 12.1 Å². The molecule has 2 N–H and O–H groups in total. The van der Waals surface area contributed by atoms with Crippen molar-refractivity contribution in [2.24, 2.45) is 0 Å². The largest absolute Gasteiger partial charge is 0.326 e. The Morgan fingerprint density at radius 1 is 1.11 bits per heavy atom. The lowest BCUT2D eigenvalue weighted by atomic mass is 10.1. The van der Waals surface area contributed by atoms with E-state index in [2.05, 4.69) is 15.6 Å². The van der Waals surface area contributed by atoms with Crippen molar-refractivity contribution in [3.63, 3.8) is 0 Å². The van der Waals surface area contributed by atoms with Crippen LogP contribution in [0, 0.1) is 12.7 Å². The van der Waals surface area contributed by atoms with Crippen LogP contribution in [-0.4, -0.2) is 16.8 Å². The molecule has 0 aliphatic carbocycles. The van der Waals surface area contributed by atoms with Crippen LogP contribution in [0.3, 0.4) is 0 Å². The number of halogens is 1. The number of benzene rings is 2. The molecule has 2 aromatic carbocycles. The number of thiazole rings is 1. The number of nitrogens with one attached hydrogen (secondary N) is 2. The number of hydrogen-bond donors (Lipinski definition) is 2. The molecular weight excluding hydrogens is 365 g/mol. The summed E-state index contributed by atoms with van der Waals surface area (Å²) in [5, 5.41) is 7.68. The van der Waals surface area contributed by atoms with Crippen LogP contribution in [0.5, 0.6) is 0 Å². The zero-order chi connectivity index (χ0) is 19.4. The molecule has 0 unspecified atom stereocenters. The van der Waals surface area contributed by atoms with E-state index in [4.69, 9.17) is 0 Å². The lowest BCUT2D eigenvalue weighted by Gasteiger charge is -2.05. The summed E-state index contributed by atoms with van der Waals surface area (Å²) in [6.45, 7) is 3.31. The molecule has 0 aliphatic heterocycles. The first-order chi connectivity index (χ1) is 12.9. The number of nitrogens with zero attached hydrogens (tertiary/aromatic N) is 1. The maximum absolute atomic E-state index is 14.3. The Morgan fingerprint density at radius 2 is 1.89 bits per heavy atom. The molecular formula is C20H18FN3O2S. The van der Waals surface area contributed by atoms with Crippen LogP contribution in [0.25, 0.3) is 11.3 Å². The van der Waals surface area contributed by atoms with Crippen LogP contribution in [-0.2, 0) is 16.0 Å². The van der Waals surface area contributed by atoms with Crippen molar-refractivity contribution in [2.75, 3.05) is 10.6 Å². The summed E-state index contributed by atoms with van der Waals surface area (Å²) in [6.07, 6.45) is 0.115. The van der Waals surface area contributed by atoms with E-state index in [0.717, 1.165) is 11.3 Å². The van der Waals surface area contributed by atoms with E-state index in [1.807, 2.05) is 31.2 Å². The van der Waals surface area contributed by atoms with E-state index in [0.29, 0.717) is 22.0 Å². The summed E-state index contributed by atoms with van der Waals surface area (Å²) < 4.78 is 14.3. The lowest BCUT2D eigenvalue weighted by Crippen LogP contribution is -2.14. The van der Waals surface area contributed by atoms with Crippen LogP contribution in [0.15, 0.2) is 47.8 Å². The Labute approximate surface area is 160 Å². The summed E-state index contributed by atoms with van der Waals surface area (Å²) in [5.74, 6) is -0.928. The Morgan fingerprint density at radius 3 is 2.59 bits per heavy atom. The standard InChI is InChI=1S/C20H18FN3O2S/c1-12-4-3-5-14(8-12)23-19(26)10-20-24-18(11-27-20)16-7-6-15(9-17(16)21)22-13(2)25/h3-9,11H,10H2,1-2H3,(H,22,25)(H,23,26). The van der Waals surface area contributed by atoms with Crippen LogP contribution in [0.1, 0.15) is 17.5 Å². The quantitative estimate of drug-likeness (QED) is 0.686. The third-order valence-corrected chi connectivity index (χ3v) is 4.58. The average molecular weight is 383 g/mol. The second-order valence-corrected chi connectivity index (χ2v) is 7.04. The number of carbonyl (C=O) groups is 2. The van der Waals surface area contributed by atoms with E-state index in [1.165, 1.54) is 24.3 Å². The average Bonchev–Trinajstić information content (AvgIpc) is 3.02. The maximum atomic E-state index is 14.3. The highest BCUT2D eigenvalue weighted by molar-refractivity contribution is 7.10. The van der Waals surface area contributed by atoms with E-state index in [1.54, 1.807) is 17.5 Å². The number of hydrogen-bond acceptors (Lipinski definition) is 4. The fourth-order valence-electron chi connectivity index (χ4n) is 2.58. The van der Waals surface area contributed by atoms with Gasteiger partial charge in [0.1, 0.15) is 10.8 Å². The number of anilines is 2. The molecule has 0 atom stereocenters. The zero-order valence-corrected chi connectivity index (χ0v) is 15.7. The van der Waals surface area contributed by atoms with Crippen LogP contribution < -0.4 is 10.6 Å². The molecule has 2 amide bonds. The third kappa shape index (κ3) is 4.98. The SMILES string of the molecule is CC(=O)Nc1ccc(-c2csc(CC(=O)Nc3cccc(C)c3)n2)c(F)c1. The molecule has 138 valence electrons. The van der Waals surface area contributed by atoms with Gasteiger partial charge in [0, 0.05) is 29.2 Å². The second-order valence-electron chi connectivity index (χ2n) is 6.10. The predicted octanol–water partition coefficient (Wildman–Crippen LogP) is 4.40. The molecule has 5 nitrogen and oxygen atoms in total. The van der Waals surface area contributed by atoms with Gasteiger partial charge in [0.15, 0.2) is 0 Å². The highest BCUT2D eigenvalue weighted by Crippen LogP contribution is 2.27. The van der Waals surface area contributed by atoms with Gasteiger partial charge in [-0.15, -0.1) is 11.3 Å². The molecule has 1 aromatic heterocycles. The van der Waals surface area contributed by atoms with Gasteiger partial charge < -0.3 is 10.6 Å². The van der Waals surface area contributed by atoms with Crippen molar-refractivity contribution in [1.29, 1.82) is 0 Å². The van der Waals surface area contributed by atoms with Crippen molar-refractivity contribution in [1.82, 2.24) is 4.98 Å². The first-order valence-electron chi connectivity index (χ1n) is 8.29. The number of aryl methyl sites for hydroxylation is 1. The Balaban J connectivity index is 1.69. The molecule has 7 heteroatoms. The first kappa shape index (κ1) is 18.7. The Hall–Kier alpha value is -3.06. The third-order valence-electron chi connectivity index (χ3n) is 3.73. The Bertz CT molecular complexity index is 1000. The summed E-state index contributed by atoms with van der Waals surface area (Å²) >= 11 is 1.30. The predicted molar refractivity (Wildman–Crippen MR) is 105 cm³/mol. The number of carbonyl (C=O) groups excluding carboxylic acids is 2. The minimum atomic E-state index is -0.484. The van der Waals surface area contributed by atoms with Crippen molar-refractivity contribution < 1.29 is 14.0 Å². The maximum Gasteiger partial charge on any atom is 0.231 e. The van der Waals surface area contributed by atoms with Gasteiger partial charge in [0.2, 0.25) is 11.8 Å². The zero-order valence-electron chi connectivity index (χ0n) is 14.9. The summed E-state index contributed by atoms with van der Waals surface area (Å²) in [5.41, 5.74) is 2.96. The molecule has 0 bridgehead atoms. The summed E-state index contributed by atoms with van der Waals surface area (Å²) in [6, 6.07) is 12.0. The van der Waals surface area contributed by atoms with Gasteiger partial charge >= 0.3 is 0 Å². The summed E-state index contributed by atoms with van der Waals surface area (Å²) in [7, 11) is 0. The monoisotopic (exact) mass is 383 g/mol. The minimum Gasteiger partial charge on any atom is -0.326 e. The molecule has 0 radical (unpaired) electrons. The van der Waals surface area contributed by atoms with Gasteiger partial charge in [-0.2, -0.15) is 0 Å². The second kappa shape index (κ2) is 8.09. The summed E-state index contributed by atoms with van der Waals surface area (Å²) in [4.78, 5) is 27.6. The molecule has 0 fully saturated rings. The normalized spacial score (nSPS) is 10.5. The molecule has 0 spiro atoms. The van der Waals surface area contributed by atoms with Crippen molar-refractivity contribution >= 4 is 34.5 Å². The molecule has 0 aliphatic rings. The molecule has 0 saturated heterocycles. The van der Waals surface area contributed by atoms with E-state index >= 15 is 0 Å². The van der Waals surface area contributed by atoms with Crippen molar-refractivity contribution in [3.05, 3.63) is 64.2 Å². The van der Waals surface area contributed by atoms with E-state index in [9.17, 15) is 14.0 Å². The topological polar surface area (TPSA) is 71.1 Å². The van der Waals surface area contributed by atoms with Gasteiger partial charge in [-0.1, -0.05) is 12.1 Å². The van der Waals surface area contributed by atoms with Gasteiger partial charge in [-0.05, 0) is 42.8 Å². The lowest BCUT2D eigenvalue weighted by molar-refractivity contribution is -0.116. The fourth-order valence-corrected chi connectivity index (χ4v) is 3.38. The number of aromatic nitrogens is 1.